The van der Waals surface area contributed by atoms with Gasteiger partial charge in [-0.1, -0.05) is 30.3 Å². The van der Waals surface area contributed by atoms with Gasteiger partial charge in [0.25, 0.3) is 0 Å². The Morgan fingerprint density at radius 3 is 2.54 bits per heavy atom. The van der Waals surface area contributed by atoms with Crippen LogP contribution in [-0.2, 0) is 13.6 Å². The van der Waals surface area contributed by atoms with Gasteiger partial charge in [-0.3, -0.25) is 0 Å². The molecule has 0 saturated carbocycles. The van der Waals surface area contributed by atoms with Crippen LogP contribution < -0.4 is 5.32 Å². The van der Waals surface area contributed by atoms with E-state index in [4.69, 9.17) is 0 Å². The van der Waals surface area contributed by atoms with Crippen molar-refractivity contribution in [2.24, 2.45) is 7.05 Å². The van der Waals surface area contributed by atoms with Crippen molar-refractivity contribution in [3.8, 4) is 5.95 Å². The van der Waals surface area contributed by atoms with Gasteiger partial charge in [-0.15, -0.1) is 4.80 Å². The molecule has 4 rings (SSSR count). The van der Waals surface area contributed by atoms with E-state index in [1.54, 1.807) is 12.4 Å². The third kappa shape index (κ3) is 2.50. The zero-order valence-corrected chi connectivity index (χ0v) is 13.5. The molecule has 7 nitrogen and oxygen atoms in total. The highest BCUT2D eigenvalue weighted by molar-refractivity contribution is 5.87. The Balaban J connectivity index is 1.76. The molecule has 0 saturated heterocycles. The van der Waals surface area contributed by atoms with Crippen LogP contribution in [0.1, 0.15) is 11.3 Å². The number of fused-ring (bicyclic) bond motifs is 1. The number of pyridine rings is 1. The Morgan fingerprint density at radius 2 is 1.79 bits per heavy atom. The number of nitrogens with zero attached hydrogens (tertiary/aromatic N) is 6. The normalized spacial score (nSPS) is 11.1. The molecule has 0 aliphatic heterocycles. The van der Waals surface area contributed by atoms with E-state index in [1.165, 1.54) is 10.4 Å². The number of imidazole rings is 1. The van der Waals surface area contributed by atoms with Crippen molar-refractivity contribution in [3.05, 3.63) is 60.0 Å². The summed E-state index contributed by atoms with van der Waals surface area (Å²) in [4.78, 5) is 10.8. The lowest BCUT2D eigenvalue weighted by atomic mass is 10.2. The van der Waals surface area contributed by atoms with Crippen LogP contribution in [0, 0.1) is 6.92 Å². The summed E-state index contributed by atoms with van der Waals surface area (Å²) in [5.41, 5.74) is 3.93. The monoisotopic (exact) mass is 319 g/mol. The number of hydrogen-bond donors (Lipinski definition) is 1. The molecule has 24 heavy (non-hydrogen) atoms. The molecule has 120 valence electrons. The highest BCUT2D eigenvalue weighted by Gasteiger charge is 2.15. The number of anilines is 1. The van der Waals surface area contributed by atoms with Crippen molar-refractivity contribution in [2.45, 2.75) is 13.5 Å². The molecule has 3 aromatic heterocycles. The number of hydrogen-bond acceptors (Lipinski definition) is 5. The highest BCUT2D eigenvalue weighted by atomic mass is 15.5. The molecule has 0 unspecified atom stereocenters. The van der Waals surface area contributed by atoms with E-state index in [2.05, 4.69) is 37.6 Å². The molecule has 1 N–H and O–H groups in total. The van der Waals surface area contributed by atoms with Gasteiger partial charge < -0.3 is 9.88 Å². The number of aryl methyl sites for hydroxylation is 2. The summed E-state index contributed by atoms with van der Waals surface area (Å²) in [7, 11) is 1.95. The summed E-state index contributed by atoms with van der Waals surface area (Å²) in [5.74, 6) is 1.42. The van der Waals surface area contributed by atoms with Crippen molar-refractivity contribution in [1.29, 1.82) is 0 Å². The van der Waals surface area contributed by atoms with E-state index in [9.17, 15) is 0 Å². The fourth-order valence-corrected chi connectivity index (χ4v) is 2.70. The molecule has 1 aromatic carbocycles. The number of rotatable bonds is 4. The minimum Gasteiger partial charge on any atom is -0.364 e. The lowest BCUT2D eigenvalue weighted by Gasteiger charge is -2.07. The van der Waals surface area contributed by atoms with Crippen molar-refractivity contribution in [2.75, 3.05) is 5.32 Å². The average Bonchev–Trinajstić information content (AvgIpc) is 3.22. The maximum atomic E-state index is 4.68. The van der Waals surface area contributed by atoms with Gasteiger partial charge in [0, 0.05) is 19.3 Å². The lowest BCUT2D eigenvalue weighted by Crippen LogP contribution is -2.06. The van der Waals surface area contributed by atoms with Gasteiger partial charge in [-0.2, -0.15) is 10.2 Å². The summed E-state index contributed by atoms with van der Waals surface area (Å²) in [6, 6.07) is 12.2. The van der Waals surface area contributed by atoms with E-state index in [1.807, 2.05) is 42.8 Å². The molecular formula is C17H17N7. The van der Waals surface area contributed by atoms with E-state index in [0.29, 0.717) is 12.5 Å². The first-order valence-electron chi connectivity index (χ1n) is 7.71. The first-order valence-corrected chi connectivity index (χ1v) is 7.71. The summed E-state index contributed by atoms with van der Waals surface area (Å²) < 4.78 is 1.97. The van der Waals surface area contributed by atoms with Crippen LogP contribution in [0.25, 0.3) is 17.0 Å². The Hall–Kier alpha value is -3.22. The molecule has 0 radical (unpaired) electrons. The Bertz CT molecular complexity index is 971. The minimum atomic E-state index is 0.658. The Kier molecular flexibility index (Phi) is 3.45. The number of benzene rings is 1. The standard InChI is InChI=1S/C17H17N7/c1-12-10-14-15(22-17(23(14)2)24-19-8-9-20-24)16(21-12)18-11-13-6-4-3-5-7-13/h3-10H,11H2,1-2H3,(H,18,21). The molecule has 7 heteroatoms. The molecule has 0 atom stereocenters. The predicted octanol–water partition coefficient (Wildman–Crippen LogP) is 2.47. The lowest BCUT2D eigenvalue weighted by molar-refractivity contribution is 0.676. The largest absolute Gasteiger partial charge is 0.364 e. The second-order valence-electron chi connectivity index (χ2n) is 5.61. The first-order chi connectivity index (χ1) is 11.7. The molecule has 4 aromatic rings. The molecular weight excluding hydrogens is 302 g/mol. The van der Waals surface area contributed by atoms with Crippen LogP contribution >= 0.6 is 0 Å². The third-order valence-corrected chi connectivity index (χ3v) is 3.87. The topological polar surface area (TPSA) is 73.5 Å². The van der Waals surface area contributed by atoms with Gasteiger partial charge >= 0.3 is 0 Å². The molecule has 0 aliphatic rings. The molecule has 0 aliphatic carbocycles. The maximum absolute atomic E-state index is 4.68. The van der Waals surface area contributed by atoms with Crippen LogP contribution in [0.3, 0.4) is 0 Å². The zero-order valence-electron chi connectivity index (χ0n) is 13.5. The van der Waals surface area contributed by atoms with Crippen molar-refractivity contribution in [1.82, 2.24) is 29.5 Å². The summed E-state index contributed by atoms with van der Waals surface area (Å²) in [6.45, 7) is 2.67. The van der Waals surface area contributed by atoms with Crippen molar-refractivity contribution >= 4 is 16.9 Å². The number of nitrogens with one attached hydrogen (secondary N) is 1. The smallest absolute Gasteiger partial charge is 0.250 e. The quantitative estimate of drug-likeness (QED) is 0.625. The summed E-state index contributed by atoms with van der Waals surface area (Å²) in [5, 5.41) is 11.7. The van der Waals surface area contributed by atoms with Gasteiger partial charge in [-0.05, 0) is 18.6 Å². The van der Waals surface area contributed by atoms with Crippen LogP contribution in [0.4, 0.5) is 5.82 Å². The Labute approximate surface area is 139 Å². The number of aromatic nitrogens is 6. The highest BCUT2D eigenvalue weighted by Crippen LogP contribution is 2.24. The molecule has 0 fully saturated rings. The molecule has 0 amide bonds. The fraction of sp³-hybridized carbons (Fsp3) is 0.176. The van der Waals surface area contributed by atoms with Crippen LogP contribution in [0.2, 0.25) is 0 Å². The van der Waals surface area contributed by atoms with Gasteiger partial charge in [0.2, 0.25) is 5.95 Å². The molecule has 3 heterocycles. The average molecular weight is 319 g/mol. The van der Waals surface area contributed by atoms with E-state index < -0.39 is 0 Å². The van der Waals surface area contributed by atoms with Gasteiger partial charge in [-0.25, -0.2) is 9.97 Å². The van der Waals surface area contributed by atoms with Crippen LogP contribution in [0.5, 0.6) is 0 Å². The van der Waals surface area contributed by atoms with E-state index in [-0.39, 0.29) is 0 Å². The molecule has 0 spiro atoms. The van der Waals surface area contributed by atoms with Gasteiger partial charge in [0.1, 0.15) is 5.52 Å². The maximum Gasteiger partial charge on any atom is 0.250 e. The minimum absolute atomic E-state index is 0.658. The SMILES string of the molecule is Cc1cc2c(nc(-n3nccn3)n2C)c(NCc2ccccc2)n1. The van der Waals surface area contributed by atoms with Crippen LogP contribution in [-0.4, -0.2) is 29.5 Å². The summed E-state index contributed by atoms with van der Waals surface area (Å²) >= 11 is 0. The molecule has 0 bridgehead atoms. The van der Waals surface area contributed by atoms with Crippen molar-refractivity contribution < 1.29 is 0 Å². The van der Waals surface area contributed by atoms with Crippen molar-refractivity contribution in [3.63, 3.8) is 0 Å². The van der Waals surface area contributed by atoms with Crippen LogP contribution in [0.15, 0.2) is 48.8 Å². The summed E-state index contributed by atoms with van der Waals surface area (Å²) in [6.07, 6.45) is 3.27. The second-order valence-corrected chi connectivity index (χ2v) is 5.61. The second kappa shape index (κ2) is 5.77. The van der Waals surface area contributed by atoms with E-state index >= 15 is 0 Å². The van der Waals surface area contributed by atoms with Gasteiger partial charge in [0.15, 0.2) is 5.82 Å². The Morgan fingerprint density at radius 1 is 1.04 bits per heavy atom. The predicted molar refractivity (Wildman–Crippen MR) is 91.9 cm³/mol. The zero-order chi connectivity index (χ0) is 16.5. The van der Waals surface area contributed by atoms with E-state index in [0.717, 1.165) is 22.5 Å². The van der Waals surface area contributed by atoms with Gasteiger partial charge in [0.05, 0.1) is 17.9 Å². The first kappa shape index (κ1) is 14.4. The fourth-order valence-electron chi connectivity index (χ4n) is 2.70. The third-order valence-electron chi connectivity index (χ3n) is 3.87.